The summed E-state index contributed by atoms with van der Waals surface area (Å²) in [5.74, 6) is 0.737. The van der Waals surface area contributed by atoms with Crippen LogP contribution < -0.4 is 10.5 Å². The Morgan fingerprint density at radius 2 is 1.46 bits per heavy atom. The molecule has 134 valence electrons. The molecule has 3 heteroatoms. The molecule has 0 aliphatic heterocycles. The highest BCUT2D eigenvalue weighted by Gasteiger charge is 2.17. The van der Waals surface area contributed by atoms with Crippen LogP contribution in [0, 0.1) is 0 Å². The van der Waals surface area contributed by atoms with E-state index in [0.717, 1.165) is 29.7 Å². The highest BCUT2D eigenvalue weighted by molar-refractivity contribution is 5.31. The lowest BCUT2D eigenvalue weighted by molar-refractivity contribution is 0.142. The van der Waals surface area contributed by atoms with Gasteiger partial charge in [0.15, 0.2) is 0 Å². The third-order valence-corrected chi connectivity index (χ3v) is 4.46. The van der Waals surface area contributed by atoms with Crippen molar-refractivity contribution in [2.75, 3.05) is 0 Å². The predicted octanol–water partition coefficient (Wildman–Crippen LogP) is 4.26. The summed E-state index contributed by atoms with van der Waals surface area (Å²) in [5.41, 5.74) is 9.35. The summed E-state index contributed by atoms with van der Waals surface area (Å²) in [4.78, 5) is 0. The molecule has 0 amide bonds. The lowest BCUT2D eigenvalue weighted by atomic mass is 9.97. The van der Waals surface area contributed by atoms with Crippen LogP contribution in [0.2, 0.25) is 0 Å². The van der Waals surface area contributed by atoms with Gasteiger partial charge in [-0.3, -0.25) is 0 Å². The first-order chi connectivity index (χ1) is 12.7. The van der Waals surface area contributed by atoms with Crippen LogP contribution >= 0.6 is 0 Å². The predicted molar refractivity (Wildman–Crippen MR) is 105 cm³/mol. The van der Waals surface area contributed by atoms with Crippen LogP contribution in [0.3, 0.4) is 0 Å². The van der Waals surface area contributed by atoms with E-state index in [2.05, 4.69) is 12.1 Å². The number of nitrogens with two attached hydrogens (primary N) is 1. The van der Waals surface area contributed by atoms with Gasteiger partial charge in [-0.1, -0.05) is 72.8 Å². The van der Waals surface area contributed by atoms with Crippen LogP contribution in [-0.4, -0.2) is 11.1 Å². The number of aliphatic hydroxyl groups excluding tert-OH is 1. The highest BCUT2D eigenvalue weighted by atomic mass is 16.5. The van der Waals surface area contributed by atoms with E-state index in [4.69, 9.17) is 10.5 Å². The Bertz CT molecular complexity index is 790. The van der Waals surface area contributed by atoms with Crippen molar-refractivity contribution >= 4 is 0 Å². The summed E-state index contributed by atoms with van der Waals surface area (Å²) in [5, 5.41) is 10.6. The lowest BCUT2D eigenvalue weighted by Crippen LogP contribution is -2.29. The average Bonchev–Trinajstić information content (AvgIpc) is 2.71. The zero-order chi connectivity index (χ0) is 18.2. The maximum absolute atomic E-state index is 10.6. The molecule has 3 rings (SSSR count). The summed E-state index contributed by atoms with van der Waals surface area (Å²) in [6.07, 6.45) is 0.864. The molecule has 0 saturated carbocycles. The van der Waals surface area contributed by atoms with Crippen molar-refractivity contribution in [3.8, 4) is 5.75 Å². The topological polar surface area (TPSA) is 55.5 Å². The summed E-state index contributed by atoms with van der Waals surface area (Å²) in [6.45, 7) is 0.500. The number of aryl methyl sites for hydroxylation is 1. The van der Waals surface area contributed by atoms with Crippen molar-refractivity contribution in [3.63, 3.8) is 0 Å². The first-order valence-corrected chi connectivity index (χ1v) is 8.96. The average molecular weight is 347 g/mol. The standard InChI is InChI=1S/C23H25NO2/c24-22(15-14-18-8-3-1-4-9-18)23(25)20-12-7-13-21(16-20)26-17-19-10-5-2-6-11-19/h1-13,16,22-23,25H,14-15,17,24H2. The van der Waals surface area contributed by atoms with Gasteiger partial charge >= 0.3 is 0 Å². The van der Waals surface area contributed by atoms with Crippen LogP contribution in [0.5, 0.6) is 5.75 Å². The maximum atomic E-state index is 10.6. The highest BCUT2D eigenvalue weighted by Crippen LogP contribution is 2.23. The third-order valence-electron chi connectivity index (χ3n) is 4.46. The molecule has 0 aliphatic carbocycles. The summed E-state index contributed by atoms with van der Waals surface area (Å²) >= 11 is 0. The van der Waals surface area contributed by atoms with E-state index in [1.807, 2.05) is 72.8 Å². The van der Waals surface area contributed by atoms with Gasteiger partial charge in [0, 0.05) is 6.04 Å². The second-order valence-electron chi connectivity index (χ2n) is 6.48. The molecule has 0 heterocycles. The van der Waals surface area contributed by atoms with Crippen molar-refractivity contribution in [2.45, 2.75) is 31.6 Å². The van der Waals surface area contributed by atoms with Gasteiger partial charge in [-0.15, -0.1) is 0 Å². The first kappa shape index (κ1) is 18.2. The van der Waals surface area contributed by atoms with E-state index in [1.165, 1.54) is 5.56 Å². The fraction of sp³-hybridized carbons (Fsp3) is 0.217. The minimum atomic E-state index is -0.709. The van der Waals surface area contributed by atoms with E-state index >= 15 is 0 Å². The SMILES string of the molecule is NC(CCc1ccccc1)C(O)c1cccc(OCc2ccccc2)c1. The van der Waals surface area contributed by atoms with E-state index in [-0.39, 0.29) is 6.04 Å². The van der Waals surface area contributed by atoms with Gasteiger partial charge in [-0.2, -0.15) is 0 Å². The molecule has 0 fully saturated rings. The molecule has 3 aromatic carbocycles. The monoisotopic (exact) mass is 347 g/mol. The van der Waals surface area contributed by atoms with Crippen LogP contribution in [0.1, 0.15) is 29.2 Å². The molecule has 0 aliphatic rings. The Morgan fingerprint density at radius 3 is 2.15 bits per heavy atom. The fourth-order valence-corrected chi connectivity index (χ4v) is 2.91. The molecule has 0 bridgehead atoms. The molecule has 0 radical (unpaired) electrons. The van der Waals surface area contributed by atoms with Crippen LogP contribution in [-0.2, 0) is 13.0 Å². The Labute approximate surface area is 155 Å². The van der Waals surface area contributed by atoms with Crippen molar-refractivity contribution in [3.05, 3.63) is 102 Å². The lowest BCUT2D eigenvalue weighted by Gasteiger charge is -2.20. The molecule has 0 aromatic heterocycles. The van der Waals surface area contributed by atoms with E-state index in [9.17, 15) is 5.11 Å². The molecule has 3 nitrogen and oxygen atoms in total. The summed E-state index contributed by atoms with van der Waals surface area (Å²) in [6, 6.07) is 27.4. The largest absolute Gasteiger partial charge is 0.489 e. The molecular formula is C23H25NO2. The van der Waals surface area contributed by atoms with Crippen LogP contribution in [0.15, 0.2) is 84.9 Å². The Balaban J connectivity index is 1.57. The minimum Gasteiger partial charge on any atom is -0.489 e. The molecule has 3 aromatic rings. The minimum absolute atomic E-state index is 0.320. The van der Waals surface area contributed by atoms with Gasteiger partial charge in [0.2, 0.25) is 0 Å². The van der Waals surface area contributed by atoms with E-state index in [0.29, 0.717) is 6.61 Å². The first-order valence-electron chi connectivity index (χ1n) is 8.96. The maximum Gasteiger partial charge on any atom is 0.120 e. The smallest absolute Gasteiger partial charge is 0.120 e. The van der Waals surface area contributed by atoms with Gasteiger partial charge in [0.05, 0.1) is 6.10 Å². The zero-order valence-electron chi connectivity index (χ0n) is 14.8. The van der Waals surface area contributed by atoms with Crippen molar-refractivity contribution in [1.82, 2.24) is 0 Å². The Hall–Kier alpha value is -2.62. The Kier molecular flexibility index (Phi) is 6.42. The van der Waals surface area contributed by atoms with Gasteiger partial charge in [-0.25, -0.2) is 0 Å². The second-order valence-corrected chi connectivity index (χ2v) is 6.48. The van der Waals surface area contributed by atoms with Crippen molar-refractivity contribution in [1.29, 1.82) is 0 Å². The molecular weight excluding hydrogens is 322 g/mol. The number of hydrogen-bond acceptors (Lipinski definition) is 3. The number of rotatable bonds is 8. The normalized spacial score (nSPS) is 13.2. The van der Waals surface area contributed by atoms with Gasteiger partial charge in [0.25, 0.3) is 0 Å². The molecule has 26 heavy (non-hydrogen) atoms. The van der Waals surface area contributed by atoms with Gasteiger partial charge < -0.3 is 15.6 Å². The molecule has 3 N–H and O–H groups in total. The number of ether oxygens (including phenoxy) is 1. The van der Waals surface area contributed by atoms with Crippen molar-refractivity contribution in [2.24, 2.45) is 5.73 Å². The van der Waals surface area contributed by atoms with Gasteiger partial charge in [-0.05, 0) is 41.7 Å². The molecule has 2 atom stereocenters. The summed E-state index contributed by atoms with van der Waals surface area (Å²) < 4.78 is 5.84. The van der Waals surface area contributed by atoms with E-state index in [1.54, 1.807) is 0 Å². The molecule has 0 spiro atoms. The molecule has 0 saturated heterocycles. The van der Waals surface area contributed by atoms with Gasteiger partial charge in [0.1, 0.15) is 12.4 Å². The fourth-order valence-electron chi connectivity index (χ4n) is 2.91. The number of hydrogen-bond donors (Lipinski definition) is 2. The van der Waals surface area contributed by atoms with Crippen molar-refractivity contribution < 1.29 is 9.84 Å². The third kappa shape index (κ3) is 5.19. The van der Waals surface area contributed by atoms with E-state index < -0.39 is 6.10 Å². The molecule has 2 unspecified atom stereocenters. The Morgan fingerprint density at radius 1 is 0.808 bits per heavy atom. The number of aliphatic hydroxyl groups is 1. The summed E-state index contributed by atoms with van der Waals surface area (Å²) in [7, 11) is 0. The van der Waals surface area contributed by atoms with Crippen LogP contribution in [0.25, 0.3) is 0 Å². The number of benzene rings is 3. The van der Waals surface area contributed by atoms with Crippen LogP contribution in [0.4, 0.5) is 0 Å². The quantitative estimate of drug-likeness (QED) is 0.640. The zero-order valence-corrected chi connectivity index (χ0v) is 14.8. The second kappa shape index (κ2) is 9.18.